The number of amides is 2. The number of hydrogen-bond acceptors (Lipinski definition) is 5. The first-order valence-corrected chi connectivity index (χ1v) is 10.2. The number of aromatic nitrogens is 2. The fourth-order valence-corrected chi connectivity index (χ4v) is 3.63. The van der Waals surface area contributed by atoms with Gasteiger partial charge in [0.1, 0.15) is 0 Å². The maximum Gasteiger partial charge on any atom is 0.247 e. The second-order valence-corrected chi connectivity index (χ2v) is 7.43. The highest BCUT2D eigenvalue weighted by atomic mass is 16.4. The molecule has 0 saturated carbocycles. The Bertz CT molecular complexity index is 988. The zero-order chi connectivity index (χ0) is 20.8. The number of hydrogen-bond donors (Lipinski definition) is 1. The number of piperidine rings is 1. The first-order chi connectivity index (χ1) is 14.7. The normalized spacial score (nSPS) is 16.3. The van der Waals surface area contributed by atoms with Crippen molar-refractivity contribution in [3.05, 3.63) is 72.1 Å². The molecule has 1 unspecified atom stereocenters. The third kappa shape index (κ3) is 4.92. The van der Waals surface area contributed by atoms with Gasteiger partial charge in [0.15, 0.2) is 0 Å². The molecule has 0 aliphatic carbocycles. The molecular weight excluding hydrogens is 380 g/mol. The molecule has 1 fully saturated rings. The molecule has 1 saturated heterocycles. The zero-order valence-electron chi connectivity index (χ0n) is 16.7. The van der Waals surface area contributed by atoms with Gasteiger partial charge in [-0.05, 0) is 30.5 Å². The van der Waals surface area contributed by atoms with E-state index in [1.807, 2.05) is 60.7 Å². The molecule has 3 aromatic rings. The van der Waals surface area contributed by atoms with Crippen LogP contribution in [0.15, 0.2) is 65.1 Å². The lowest BCUT2D eigenvalue weighted by molar-refractivity contribution is -0.133. The van der Waals surface area contributed by atoms with E-state index in [-0.39, 0.29) is 30.7 Å². The van der Waals surface area contributed by atoms with Crippen molar-refractivity contribution in [2.24, 2.45) is 0 Å². The Morgan fingerprint density at radius 3 is 2.53 bits per heavy atom. The maximum absolute atomic E-state index is 12.6. The predicted octanol–water partition coefficient (Wildman–Crippen LogP) is 2.80. The summed E-state index contributed by atoms with van der Waals surface area (Å²) in [6.45, 7) is 1.19. The maximum atomic E-state index is 12.6. The van der Waals surface area contributed by atoms with Crippen LogP contribution in [0, 0.1) is 0 Å². The van der Waals surface area contributed by atoms with Crippen molar-refractivity contribution in [3.8, 4) is 11.5 Å². The number of nitrogens with zero attached hydrogens (tertiary/aromatic N) is 3. The minimum absolute atomic E-state index is 0.00249. The fraction of sp³-hybridized carbons (Fsp3) is 0.304. The molecule has 2 heterocycles. The topological polar surface area (TPSA) is 88.3 Å². The van der Waals surface area contributed by atoms with Crippen LogP contribution in [0.2, 0.25) is 0 Å². The van der Waals surface area contributed by atoms with Gasteiger partial charge < -0.3 is 14.6 Å². The van der Waals surface area contributed by atoms with E-state index in [9.17, 15) is 9.59 Å². The summed E-state index contributed by atoms with van der Waals surface area (Å²) in [6.07, 6.45) is 2.01. The second kappa shape index (κ2) is 9.35. The van der Waals surface area contributed by atoms with Crippen molar-refractivity contribution in [2.75, 3.05) is 19.6 Å². The highest BCUT2D eigenvalue weighted by Crippen LogP contribution is 2.28. The van der Waals surface area contributed by atoms with Crippen molar-refractivity contribution in [1.82, 2.24) is 20.4 Å². The lowest BCUT2D eigenvalue weighted by Crippen LogP contribution is -2.44. The van der Waals surface area contributed by atoms with E-state index in [0.29, 0.717) is 24.9 Å². The Morgan fingerprint density at radius 2 is 1.77 bits per heavy atom. The number of likely N-dealkylation sites (tertiary alicyclic amines) is 1. The molecule has 0 radical (unpaired) electrons. The molecule has 2 aromatic carbocycles. The molecule has 1 aromatic heterocycles. The van der Waals surface area contributed by atoms with Gasteiger partial charge in [0.25, 0.3) is 0 Å². The van der Waals surface area contributed by atoms with Crippen LogP contribution in [0.5, 0.6) is 0 Å². The summed E-state index contributed by atoms with van der Waals surface area (Å²) in [6, 6.07) is 19.1. The average molecular weight is 404 g/mol. The number of carbonyl (C=O) groups excluding carboxylic acids is 2. The van der Waals surface area contributed by atoms with Crippen LogP contribution in [0.25, 0.3) is 11.5 Å². The van der Waals surface area contributed by atoms with E-state index in [1.165, 1.54) is 0 Å². The van der Waals surface area contributed by atoms with Crippen LogP contribution < -0.4 is 5.32 Å². The van der Waals surface area contributed by atoms with Gasteiger partial charge in [-0.3, -0.25) is 9.59 Å². The van der Waals surface area contributed by atoms with Crippen molar-refractivity contribution in [2.45, 2.75) is 25.2 Å². The largest absolute Gasteiger partial charge is 0.420 e. The molecule has 4 rings (SSSR count). The van der Waals surface area contributed by atoms with E-state index in [4.69, 9.17) is 4.42 Å². The molecule has 1 aliphatic heterocycles. The van der Waals surface area contributed by atoms with Crippen LogP contribution >= 0.6 is 0 Å². The van der Waals surface area contributed by atoms with Crippen molar-refractivity contribution in [3.63, 3.8) is 0 Å². The molecule has 0 bridgehead atoms. The zero-order valence-corrected chi connectivity index (χ0v) is 16.7. The van der Waals surface area contributed by atoms with Gasteiger partial charge in [-0.2, -0.15) is 0 Å². The van der Waals surface area contributed by atoms with Crippen molar-refractivity contribution >= 4 is 11.8 Å². The van der Waals surface area contributed by atoms with E-state index >= 15 is 0 Å². The second-order valence-electron chi connectivity index (χ2n) is 7.43. The van der Waals surface area contributed by atoms with Crippen LogP contribution in [0.3, 0.4) is 0 Å². The summed E-state index contributed by atoms with van der Waals surface area (Å²) in [5.74, 6) is 0.797. The lowest BCUT2D eigenvalue weighted by Gasteiger charge is -2.31. The molecule has 2 amide bonds. The van der Waals surface area contributed by atoms with Crippen LogP contribution in [-0.2, 0) is 16.0 Å². The quantitative estimate of drug-likeness (QED) is 0.683. The van der Waals surface area contributed by atoms with Crippen molar-refractivity contribution in [1.29, 1.82) is 0 Å². The Hall–Kier alpha value is -3.48. The van der Waals surface area contributed by atoms with Crippen LogP contribution in [-0.4, -0.2) is 46.5 Å². The SMILES string of the molecule is O=C(Cc1ccccc1)NCC(=O)N1CCCC(c2nnc(-c3ccccc3)o2)C1. The third-order valence-electron chi connectivity index (χ3n) is 5.23. The molecule has 1 N–H and O–H groups in total. The molecular formula is C23H24N4O3. The molecule has 7 heteroatoms. The van der Waals surface area contributed by atoms with Gasteiger partial charge in [0, 0.05) is 18.7 Å². The monoisotopic (exact) mass is 404 g/mol. The van der Waals surface area contributed by atoms with Gasteiger partial charge >= 0.3 is 0 Å². The van der Waals surface area contributed by atoms with Crippen LogP contribution in [0.1, 0.15) is 30.2 Å². The van der Waals surface area contributed by atoms with E-state index in [2.05, 4.69) is 15.5 Å². The highest BCUT2D eigenvalue weighted by Gasteiger charge is 2.28. The number of benzene rings is 2. The van der Waals surface area contributed by atoms with Gasteiger partial charge in [0.05, 0.1) is 18.9 Å². The standard InChI is InChI=1S/C23H24N4O3/c28-20(14-17-8-3-1-4-9-17)24-15-21(29)27-13-7-12-19(16-27)23-26-25-22(30-23)18-10-5-2-6-11-18/h1-6,8-11,19H,7,12-16H2,(H,24,28). The first-order valence-electron chi connectivity index (χ1n) is 10.2. The summed E-state index contributed by atoms with van der Waals surface area (Å²) in [5.41, 5.74) is 1.80. The number of rotatable bonds is 6. The van der Waals surface area contributed by atoms with Crippen molar-refractivity contribution < 1.29 is 14.0 Å². The Balaban J connectivity index is 1.31. The predicted molar refractivity (Wildman–Crippen MR) is 111 cm³/mol. The summed E-state index contributed by atoms with van der Waals surface area (Å²) in [5, 5.41) is 11.1. The number of carbonyl (C=O) groups is 2. The average Bonchev–Trinajstić information content (AvgIpc) is 3.29. The molecule has 1 atom stereocenters. The number of nitrogens with one attached hydrogen (secondary N) is 1. The summed E-state index contributed by atoms with van der Waals surface area (Å²) in [4.78, 5) is 26.5. The summed E-state index contributed by atoms with van der Waals surface area (Å²) in [7, 11) is 0. The van der Waals surface area contributed by atoms with E-state index in [1.54, 1.807) is 4.90 Å². The van der Waals surface area contributed by atoms with Crippen LogP contribution in [0.4, 0.5) is 0 Å². The minimum atomic E-state index is -0.160. The van der Waals surface area contributed by atoms with E-state index < -0.39 is 0 Å². The molecule has 0 spiro atoms. The van der Waals surface area contributed by atoms with Gasteiger partial charge in [-0.15, -0.1) is 10.2 Å². The highest BCUT2D eigenvalue weighted by molar-refractivity contribution is 5.85. The van der Waals surface area contributed by atoms with Gasteiger partial charge in [-0.25, -0.2) is 0 Å². The molecule has 30 heavy (non-hydrogen) atoms. The molecule has 154 valence electrons. The fourth-order valence-electron chi connectivity index (χ4n) is 3.63. The first kappa shape index (κ1) is 19.8. The summed E-state index contributed by atoms with van der Waals surface area (Å²) >= 11 is 0. The van der Waals surface area contributed by atoms with E-state index in [0.717, 1.165) is 24.0 Å². The summed E-state index contributed by atoms with van der Waals surface area (Å²) < 4.78 is 5.87. The minimum Gasteiger partial charge on any atom is -0.420 e. The molecule has 1 aliphatic rings. The molecule has 7 nitrogen and oxygen atoms in total. The third-order valence-corrected chi connectivity index (χ3v) is 5.23. The Morgan fingerprint density at radius 1 is 1.03 bits per heavy atom. The lowest BCUT2D eigenvalue weighted by atomic mass is 9.98. The smallest absolute Gasteiger partial charge is 0.247 e. The Labute approximate surface area is 175 Å². The van der Waals surface area contributed by atoms with Gasteiger partial charge in [-0.1, -0.05) is 48.5 Å². The van der Waals surface area contributed by atoms with Gasteiger partial charge in [0.2, 0.25) is 23.6 Å². The Kier molecular flexibility index (Phi) is 6.17.